The highest BCUT2D eigenvalue weighted by Gasteiger charge is 2.39. The van der Waals surface area contributed by atoms with Crippen molar-refractivity contribution in [2.75, 3.05) is 6.61 Å². The molecule has 0 fully saturated rings. The van der Waals surface area contributed by atoms with E-state index in [0.29, 0.717) is 6.61 Å². The van der Waals surface area contributed by atoms with E-state index in [-0.39, 0.29) is 11.1 Å². The molecule has 4 nitrogen and oxygen atoms in total. The summed E-state index contributed by atoms with van der Waals surface area (Å²) >= 11 is 0. The summed E-state index contributed by atoms with van der Waals surface area (Å²) in [6.07, 6.45) is 1.53. The lowest BCUT2D eigenvalue weighted by Gasteiger charge is -2.39. The topological polar surface area (TPSA) is 55.8 Å². The van der Waals surface area contributed by atoms with Crippen LogP contribution in [0.15, 0.2) is 12.2 Å². The number of rotatable bonds is 6. The number of hydrogen-bond acceptors (Lipinski definition) is 4. The fourth-order valence-corrected chi connectivity index (χ4v) is 2.66. The zero-order valence-corrected chi connectivity index (χ0v) is 14.2. The van der Waals surface area contributed by atoms with Crippen molar-refractivity contribution < 1.29 is 19.1 Å². The first-order valence-corrected chi connectivity index (χ1v) is 9.63. The smallest absolute Gasteiger partial charge is 0.330 e. The first kappa shape index (κ1) is 18.3. The Morgan fingerprint density at radius 1 is 1.37 bits per heavy atom. The Bertz CT molecular complexity index is 318. The third kappa shape index (κ3) is 6.36. The molecular formula is C14H28O4Si. The van der Waals surface area contributed by atoms with E-state index in [2.05, 4.69) is 33.9 Å². The standard InChI is InChI=1S/C14H28O4Si/c1-8-17-13(16)10-9-12(15)11(2)18-19(6,7)14(3,4)5/h9-12,15H,8H2,1-7H3/b10-9+/t11-,12+/m1/s1. The van der Waals surface area contributed by atoms with Crippen LogP contribution in [0.25, 0.3) is 0 Å². The summed E-state index contributed by atoms with van der Waals surface area (Å²) in [6.45, 7) is 14.6. The minimum Gasteiger partial charge on any atom is -0.463 e. The van der Waals surface area contributed by atoms with Crippen LogP contribution in [0.5, 0.6) is 0 Å². The third-order valence-electron chi connectivity index (χ3n) is 3.48. The molecular weight excluding hydrogens is 260 g/mol. The molecule has 0 rings (SSSR count). The average Bonchev–Trinajstić information content (AvgIpc) is 2.24. The molecule has 0 aliphatic carbocycles. The summed E-state index contributed by atoms with van der Waals surface area (Å²) in [5.41, 5.74) is 0. The van der Waals surface area contributed by atoms with Crippen molar-refractivity contribution >= 4 is 14.3 Å². The van der Waals surface area contributed by atoms with Crippen LogP contribution in [0.1, 0.15) is 34.6 Å². The van der Waals surface area contributed by atoms with Crippen LogP contribution in [-0.2, 0) is 14.0 Å². The van der Waals surface area contributed by atoms with Gasteiger partial charge >= 0.3 is 5.97 Å². The van der Waals surface area contributed by atoms with Crippen molar-refractivity contribution in [1.82, 2.24) is 0 Å². The van der Waals surface area contributed by atoms with Gasteiger partial charge < -0.3 is 14.3 Å². The Morgan fingerprint density at radius 3 is 2.32 bits per heavy atom. The second kappa shape index (κ2) is 7.22. The van der Waals surface area contributed by atoms with Crippen molar-refractivity contribution in [3.63, 3.8) is 0 Å². The van der Waals surface area contributed by atoms with Gasteiger partial charge in [0.25, 0.3) is 0 Å². The van der Waals surface area contributed by atoms with Gasteiger partial charge in [0.1, 0.15) is 0 Å². The largest absolute Gasteiger partial charge is 0.463 e. The lowest BCUT2D eigenvalue weighted by atomic mass is 10.2. The second-order valence-electron chi connectivity index (χ2n) is 6.19. The fraction of sp³-hybridized carbons (Fsp3) is 0.786. The Labute approximate surface area is 117 Å². The van der Waals surface area contributed by atoms with Gasteiger partial charge in [-0.1, -0.05) is 20.8 Å². The van der Waals surface area contributed by atoms with Gasteiger partial charge in [0, 0.05) is 6.08 Å². The number of aliphatic hydroxyl groups excluding tert-OH is 1. The molecule has 0 unspecified atom stereocenters. The number of hydrogen-bond donors (Lipinski definition) is 1. The first-order chi connectivity index (χ1) is 8.51. The van der Waals surface area contributed by atoms with Crippen molar-refractivity contribution in [3.8, 4) is 0 Å². The van der Waals surface area contributed by atoms with Crippen molar-refractivity contribution in [3.05, 3.63) is 12.2 Å². The monoisotopic (exact) mass is 288 g/mol. The summed E-state index contributed by atoms with van der Waals surface area (Å²) in [4.78, 5) is 11.2. The molecule has 0 heterocycles. The second-order valence-corrected chi connectivity index (χ2v) is 10.9. The predicted octanol–water partition coefficient (Wildman–Crippen LogP) is 2.88. The summed E-state index contributed by atoms with van der Waals surface area (Å²) < 4.78 is 10.8. The van der Waals surface area contributed by atoms with E-state index in [9.17, 15) is 9.90 Å². The van der Waals surface area contributed by atoms with E-state index in [0.717, 1.165) is 0 Å². The molecule has 0 bridgehead atoms. The van der Waals surface area contributed by atoms with E-state index in [4.69, 9.17) is 9.16 Å². The van der Waals surface area contributed by atoms with Crippen LogP contribution in [0.4, 0.5) is 0 Å². The quantitative estimate of drug-likeness (QED) is 0.464. The van der Waals surface area contributed by atoms with Crippen LogP contribution < -0.4 is 0 Å². The third-order valence-corrected chi connectivity index (χ3v) is 8.06. The Hall–Kier alpha value is -0.653. The molecule has 0 radical (unpaired) electrons. The highest BCUT2D eigenvalue weighted by molar-refractivity contribution is 6.74. The molecule has 2 atom stereocenters. The van der Waals surface area contributed by atoms with E-state index >= 15 is 0 Å². The lowest BCUT2D eigenvalue weighted by Crippen LogP contribution is -2.45. The van der Waals surface area contributed by atoms with E-state index in [1.54, 1.807) is 6.92 Å². The van der Waals surface area contributed by atoms with Gasteiger partial charge in [-0.3, -0.25) is 0 Å². The molecule has 112 valence electrons. The van der Waals surface area contributed by atoms with Crippen LogP contribution in [0, 0.1) is 0 Å². The normalized spacial score (nSPS) is 16.4. The zero-order valence-electron chi connectivity index (χ0n) is 13.2. The molecule has 19 heavy (non-hydrogen) atoms. The van der Waals surface area contributed by atoms with Gasteiger partial charge in [0.15, 0.2) is 8.32 Å². The highest BCUT2D eigenvalue weighted by atomic mass is 28.4. The molecule has 5 heteroatoms. The molecule has 0 saturated heterocycles. The van der Waals surface area contributed by atoms with Gasteiger partial charge in [-0.2, -0.15) is 0 Å². The van der Waals surface area contributed by atoms with Crippen LogP contribution in [0.2, 0.25) is 18.1 Å². The molecule has 0 amide bonds. The maximum Gasteiger partial charge on any atom is 0.330 e. The SMILES string of the molecule is CCOC(=O)/C=C/[C@H](O)[C@@H](C)O[Si](C)(C)C(C)(C)C. The molecule has 0 aromatic carbocycles. The van der Waals surface area contributed by atoms with Gasteiger partial charge in [0.2, 0.25) is 0 Å². The van der Waals surface area contributed by atoms with Crippen LogP contribution in [-0.4, -0.2) is 38.2 Å². The highest BCUT2D eigenvalue weighted by Crippen LogP contribution is 2.37. The minimum atomic E-state index is -1.91. The lowest BCUT2D eigenvalue weighted by molar-refractivity contribution is -0.137. The number of carbonyl (C=O) groups excluding carboxylic acids is 1. The van der Waals surface area contributed by atoms with E-state index < -0.39 is 20.4 Å². The maximum absolute atomic E-state index is 11.2. The minimum absolute atomic E-state index is 0.0891. The van der Waals surface area contributed by atoms with Crippen molar-refractivity contribution in [2.45, 2.75) is 65.0 Å². The summed E-state index contributed by atoms with van der Waals surface area (Å²) in [7, 11) is -1.91. The zero-order chi connectivity index (χ0) is 15.3. The molecule has 0 aliphatic rings. The molecule has 0 saturated carbocycles. The number of esters is 1. The van der Waals surface area contributed by atoms with Gasteiger partial charge in [-0.15, -0.1) is 0 Å². The van der Waals surface area contributed by atoms with Gasteiger partial charge in [-0.05, 0) is 38.1 Å². The first-order valence-electron chi connectivity index (χ1n) is 6.72. The predicted molar refractivity (Wildman–Crippen MR) is 79.5 cm³/mol. The molecule has 0 aliphatic heterocycles. The van der Waals surface area contributed by atoms with E-state index in [1.807, 2.05) is 6.92 Å². The molecule has 0 spiro atoms. The summed E-state index contributed by atoms with van der Waals surface area (Å²) in [5, 5.41) is 10.1. The summed E-state index contributed by atoms with van der Waals surface area (Å²) in [5.74, 6) is -0.443. The fourth-order valence-electron chi connectivity index (χ4n) is 1.24. The molecule has 1 N–H and O–H groups in total. The number of carbonyl (C=O) groups is 1. The number of aliphatic hydroxyl groups is 1. The van der Waals surface area contributed by atoms with Crippen molar-refractivity contribution in [2.24, 2.45) is 0 Å². The number of ether oxygens (including phenoxy) is 1. The Morgan fingerprint density at radius 2 is 1.89 bits per heavy atom. The van der Waals surface area contributed by atoms with Crippen LogP contribution >= 0.6 is 0 Å². The Balaban J connectivity index is 4.51. The molecule has 0 aromatic rings. The van der Waals surface area contributed by atoms with Gasteiger partial charge in [-0.25, -0.2) is 4.79 Å². The maximum atomic E-state index is 11.2. The Kier molecular flexibility index (Phi) is 6.97. The van der Waals surface area contributed by atoms with Crippen LogP contribution in [0.3, 0.4) is 0 Å². The average molecular weight is 288 g/mol. The molecule has 0 aromatic heterocycles. The van der Waals surface area contributed by atoms with Gasteiger partial charge in [0.05, 0.1) is 18.8 Å². The van der Waals surface area contributed by atoms with Crippen molar-refractivity contribution in [1.29, 1.82) is 0 Å². The van der Waals surface area contributed by atoms with E-state index in [1.165, 1.54) is 12.2 Å². The summed E-state index contributed by atoms with van der Waals surface area (Å²) in [6, 6.07) is 0.